The molecule has 0 aromatic carbocycles. The molecule has 1 aliphatic heterocycles. The lowest BCUT2D eigenvalue weighted by molar-refractivity contribution is -0.710. The first-order valence-corrected chi connectivity index (χ1v) is 4.48. The molecular formula is C6H10N3OS+. The predicted molar refractivity (Wildman–Crippen MR) is 40.1 cm³/mol. The number of fused-ring (bicyclic) bond motifs is 1. The van der Waals surface area contributed by atoms with Crippen LogP contribution in [0.15, 0.2) is 11.5 Å². The quantitative estimate of drug-likeness (QED) is 0.520. The lowest BCUT2D eigenvalue weighted by Gasteiger charge is -2.11. The second kappa shape index (κ2) is 2.49. The average molecular weight is 172 g/mol. The second-order valence-corrected chi connectivity index (χ2v) is 3.66. The molecule has 0 spiro atoms. The van der Waals surface area contributed by atoms with Crippen molar-refractivity contribution in [3.05, 3.63) is 6.33 Å². The highest BCUT2D eigenvalue weighted by Crippen LogP contribution is 2.19. The third-order valence-corrected chi connectivity index (χ3v) is 2.98. The van der Waals surface area contributed by atoms with Crippen molar-refractivity contribution in [3.8, 4) is 0 Å². The van der Waals surface area contributed by atoms with Crippen LogP contribution in [0.3, 0.4) is 0 Å². The molecule has 0 radical (unpaired) electrons. The zero-order valence-corrected chi connectivity index (χ0v) is 7.08. The minimum atomic E-state index is -0.243. The molecule has 1 N–H and O–H groups in total. The average Bonchev–Trinajstić information content (AvgIpc) is 2.32. The summed E-state index contributed by atoms with van der Waals surface area (Å²) in [6.45, 7) is 0.628. The Morgan fingerprint density at radius 1 is 1.91 bits per heavy atom. The predicted octanol–water partition coefficient (Wildman–Crippen LogP) is -0.826. The van der Waals surface area contributed by atoms with Gasteiger partial charge in [-0.15, -0.1) is 0 Å². The van der Waals surface area contributed by atoms with E-state index >= 15 is 0 Å². The van der Waals surface area contributed by atoms with Gasteiger partial charge in [0, 0.05) is 10.9 Å². The first-order valence-electron chi connectivity index (χ1n) is 3.49. The van der Waals surface area contributed by atoms with Crippen LogP contribution in [0.2, 0.25) is 0 Å². The van der Waals surface area contributed by atoms with Crippen LogP contribution >= 0.6 is 11.8 Å². The highest BCUT2D eigenvalue weighted by Gasteiger charge is 2.25. The van der Waals surface area contributed by atoms with Crippen molar-refractivity contribution in [2.24, 2.45) is 7.05 Å². The van der Waals surface area contributed by atoms with E-state index in [2.05, 4.69) is 5.10 Å². The number of aromatic nitrogens is 3. The minimum absolute atomic E-state index is 0.243. The van der Waals surface area contributed by atoms with Gasteiger partial charge >= 0.3 is 0 Å². The summed E-state index contributed by atoms with van der Waals surface area (Å²) in [5, 5.41) is 14.5. The topological polar surface area (TPSA) is 41.9 Å². The minimum Gasteiger partial charge on any atom is -0.389 e. The first kappa shape index (κ1) is 7.12. The molecule has 0 saturated heterocycles. The standard InChI is InChI=1S/C6H10N3OS/c1-8-4-7-9-2-5(10)3-11-6(8)9/h4-5,10H,2-3H2,1H3/q+1/t5-/m1/s1. The molecule has 1 atom stereocenters. The summed E-state index contributed by atoms with van der Waals surface area (Å²) >= 11 is 1.64. The van der Waals surface area contributed by atoms with Crippen molar-refractivity contribution < 1.29 is 9.67 Å². The summed E-state index contributed by atoms with van der Waals surface area (Å²) in [5.74, 6) is 0.777. The zero-order valence-electron chi connectivity index (χ0n) is 6.27. The van der Waals surface area contributed by atoms with E-state index in [9.17, 15) is 5.11 Å². The van der Waals surface area contributed by atoms with Gasteiger partial charge in [-0.3, -0.25) is 0 Å². The van der Waals surface area contributed by atoms with Crippen molar-refractivity contribution in [2.45, 2.75) is 17.8 Å². The van der Waals surface area contributed by atoms with Gasteiger partial charge in [0.25, 0.3) is 11.5 Å². The monoisotopic (exact) mass is 172 g/mol. The van der Waals surface area contributed by atoms with Crippen molar-refractivity contribution in [3.63, 3.8) is 0 Å². The number of aliphatic hydroxyl groups is 1. The van der Waals surface area contributed by atoms with Gasteiger partial charge in [-0.25, -0.2) is 4.57 Å². The van der Waals surface area contributed by atoms with Gasteiger partial charge < -0.3 is 5.11 Å². The number of aliphatic hydroxyl groups excluding tert-OH is 1. The van der Waals surface area contributed by atoms with Gasteiger partial charge in [0.15, 0.2) is 0 Å². The maximum Gasteiger partial charge on any atom is 0.296 e. The number of hydrogen-bond donors (Lipinski definition) is 1. The highest BCUT2D eigenvalue weighted by atomic mass is 32.2. The molecule has 2 rings (SSSR count). The molecule has 1 aromatic heterocycles. The van der Waals surface area contributed by atoms with Crippen LogP contribution in [0.4, 0.5) is 0 Å². The van der Waals surface area contributed by atoms with Gasteiger partial charge in [0.1, 0.15) is 6.54 Å². The Balaban J connectivity index is 2.36. The van der Waals surface area contributed by atoms with Gasteiger partial charge in [-0.2, -0.15) is 0 Å². The van der Waals surface area contributed by atoms with Crippen LogP contribution in [0.5, 0.6) is 0 Å². The Morgan fingerprint density at radius 3 is 3.55 bits per heavy atom. The van der Waals surface area contributed by atoms with E-state index in [1.165, 1.54) is 0 Å². The molecule has 5 heteroatoms. The van der Waals surface area contributed by atoms with E-state index in [1.807, 2.05) is 16.3 Å². The van der Waals surface area contributed by atoms with E-state index in [-0.39, 0.29) is 6.10 Å². The van der Waals surface area contributed by atoms with E-state index in [4.69, 9.17) is 0 Å². The van der Waals surface area contributed by atoms with Crippen LogP contribution in [-0.2, 0) is 13.6 Å². The van der Waals surface area contributed by atoms with E-state index in [0.717, 1.165) is 10.9 Å². The van der Waals surface area contributed by atoms with Crippen LogP contribution in [0.25, 0.3) is 0 Å². The molecule has 0 aliphatic carbocycles. The molecule has 11 heavy (non-hydrogen) atoms. The summed E-state index contributed by atoms with van der Waals surface area (Å²) in [5.41, 5.74) is 0. The Labute approximate surface area is 68.8 Å². The van der Waals surface area contributed by atoms with Gasteiger partial charge in [0.2, 0.25) is 0 Å². The van der Waals surface area contributed by atoms with Crippen LogP contribution in [0, 0.1) is 0 Å². The highest BCUT2D eigenvalue weighted by molar-refractivity contribution is 7.99. The fourth-order valence-electron chi connectivity index (χ4n) is 1.15. The van der Waals surface area contributed by atoms with Crippen molar-refractivity contribution in [1.82, 2.24) is 9.78 Å². The third kappa shape index (κ3) is 1.14. The third-order valence-electron chi connectivity index (χ3n) is 1.68. The summed E-state index contributed by atoms with van der Waals surface area (Å²) in [7, 11) is 1.96. The molecule has 1 aromatic rings. The molecule has 0 amide bonds. The van der Waals surface area contributed by atoms with Crippen molar-refractivity contribution >= 4 is 11.8 Å². The molecule has 4 nitrogen and oxygen atoms in total. The molecule has 1 aliphatic rings. The number of rotatable bonds is 0. The normalized spacial score (nSPS) is 23.3. The Hall–Kier alpha value is -0.550. The van der Waals surface area contributed by atoms with Crippen molar-refractivity contribution in [1.29, 1.82) is 0 Å². The van der Waals surface area contributed by atoms with E-state index in [1.54, 1.807) is 18.1 Å². The van der Waals surface area contributed by atoms with Gasteiger partial charge in [0.05, 0.1) is 13.2 Å². The molecule has 2 heterocycles. The summed E-state index contributed by atoms with van der Waals surface area (Å²) in [6, 6.07) is 0. The smallest absolute Gasteiger partial charge is 0.296 e. The lowest BCUT2D eigenvalue weighted by Crippen LogP contribution is -2.33. The maximum absolute atomic E-state index is 9.27. The molecule has 0 bridgehead atoms. The number of hydrogen-bond acceptors (Lipinski definition) is 3. The largest absolute Gasteiger partial charge is 0.389 e. The fraction of sp³-hybridized carbons (Fsp3) is 0.667. The Kier molecular flexibility index (Phi) is 1.61. The molecule has 0 saturated carbocycles. The molecule has 0 unspecified atom stereocenters. The van der Waals surface area contributed by atoms with Crippen LogP contribution < -0.4 is 4.57 Å². The Bertz CT molecular complexity index is 273. The number of thioether (sulfide) groups is 1. The summed E-state index contributed by atoms with van der Waals surface area (Å²) < 4.78 is 3.80. The molecular weight excluding hydrogens is 162 g/mol. The van der Waals surface area contributed by atoms with E-state index in [0.29, 0.717) is 6.54 Å². The van der Waals surface area contributed by atoms with Crippen LogP contribution in [-0.4, -0.2) is 26.7 Å². The van der Waals surface area contributed by atoms with Crippen LogP contribution in [0.1, 0.15) is 0 Å². The van der Waals surface area contributed by atoms with E-state index < -0.39 is 0 Å². The lowest BCUT2D eigenvalue weighted by atomic mass is 10.4. The summed E-state index contributed by atoms with van der Waals surface area (Å²) in [4.78, 5) is 0. The SMILES string of the molecule is C[n+]1cnn2c1SC[C@H](O)C2. The molecule has 0 fully saturated rings. The number of nitrogens with zero attached hydrogens (tertiary/aromatic N) is 3. The molecule has 60 valence electrons. The fourth-order valence-corrected chi connectivity index (χ4v) is 2.11. The van der Waals surface area contributed by atoms with Gasteiger partial charge in [-0.1, -0.05) is 16.4 Å². The van der Waals surface area contributed by atoms with Gasteiger partial charge in [-0.05, 0) is 0 Å². The van der Waals surface area contributed by atoms with Crippen molar-refractivity contribution in [2.75, 3.05) is 5.75 Å². The Morgan fingerprint density at radius 2 is 2.73 bits per heavy atom. The number of aryl methyl sites for hydroxylation is 1. The maximum atomic E-state index is 9.27. The summed E-state index contributed by atoms with van der Waals surface area (Å²) in [6.07, 6.45) is 1.52. The zero-order chi connectivity index (χ0) is 7.84. The first-order chi connectivity index (χ1) is 5.27. The second-order valence-electron chi connectivity index (χ2n) is 2.67.